The van der Waals surface area contributed by atoms with E-state index in [0.717, 1.165) is 19.5 Å². The third-order valence-corrected chi connectivity index (χ3v) is 2.69. The number of carbonyl (C=O) groups is 2. The van der Waals surface area contributed by atoms with Gasteiger partial charge in [0, 0.05) is 26.6 Å². The van der Waals surface area contributed by atoms with Crippen molar-refractivity contribution in [3.05, 3.63) is 0 Å². The van der Waals surface area contributed by atoms with Crippen molar-refractivity contribution in [2.45, 2.75) is 13.3 Å². The maximum atomic E-state index is 11.7. The average Bonchev–Trinajstić information content (AvgIpc) is 2.26. The van der Waals surface area contributed by atoms with Crippen molar-refractivity contribution in [1.82, 2.24) is 20.0 Å². The third-order valence-electron chi connectivity index (χ3n) is 2.69. The van der Waals surface area contributed by atoms with E-state index in [1.54, 1.807) is 4.90 Å². The largest absolute Gasteiger partial charge is 0.353 e. The maximum absolute atomic E-state index is 11.7. The SMILES string of the molecule is CC(=O)N(CCCN(C)C)CC(=O)NCCN(C)C. The molecule has 0 fully saturated rings. The van der Waals surface area contributed by atoms with Crippen LogP contribution in [0.1, 0.15) is 13.3 Å². The van der Waals surface area contributed by atoms with Gasteiger partial charge in [0.1, 0.15) is 0 Å². The lowest BCUT2D eigenvalue weighted by Gasteiger charge is -2.21. The zero-order valence-electron chi connectivity index (χ0n) is 12.9. The standard InChI is InChI=1S/C13H28N4O2/c1-12(18)17(9-6-8-15(2)3)11-13(19)14-7-10-16(4)5/h6-11H2,1-5H3,(H,14,19). The van der Waals surface area contributed by atoms with Crippen LogP contribution in [0.3, 0.4) is 0 Å². The fraction of sp³-hybridized carbons (Fsp3) is 0.846. The number of hydrogen-bond acceptors (Lipinski definition) is 4. The molecule has 0 saturated carbocycles. The van der Waals surface area contributed by atoms with E-state index < -0.39 is 0 Å². The third kappa shape index (κ3) is 10.5. The number of likely N-dealkylation sites (N-methyl/N-ethyl adjacent to an activating group) is 1. The number of carbonyl (C=O) groups excluding carboxylic acids is 2. The molecule has 0 aliphatic rings. The van der Waals surface area contributed by atoms with Crippen molar-refractivity contribution in [3.8, 4) is 0 Å². The Bertz CT molecular complexity index is 280. The molecule has 0 unspecified atom stereocenters. The van der Waals surface area contributed by atoms with E-state index in [4.69, 9.17) is 0 Å². The highest BCUT2D eigenvalue weighted by atomic mass is 16.2. The second-order valence-electron chi connectivity index (χ2n) is 5.25. The second kappa shape index (κ2) is 9.75. The van der Waals surface area contributed by atoms with Crippen molar-refractivity contribution in [2.24, 2.45) is 0 Å². The lowest BCUT2D eigenvalue weighted by Crippen LogP contribution is -2.42. The summed E-state index contributed by atoms with van der Waals surface area (Å²) in [6.45, 7) is 4.58. The number of nitrogens with one attached hydrogen (secondary N) is 1. The Morgan fingerprint density at radius 2 is 1.53 bits per heavy atom. The fourth-order valence-corrected chi connectivity index (χ4v) is 1.57. The molecule has 0 aromatic rings. The van der Waals surface area contributed by atoms with Crippen LogP contribution in [0.5, 0.6) is 0 Å². The van der Waals surface area contributed by atoms with E-state index in [1.165, 1.54) is 6.92 Å². The number of rotatable bonds is 9. The minimum absolute atomic E-state index is 0.0542. The molecule has 6 heteroatoms. The quantitative estimate of drug-likeness (QED) is 0.613. The van der Waals surface area contributed by atoms with Crippen molar-refractivity contribution in [3.63, 3.8) is 0 Å². The first-order valence-electron chi connectivity index (χ1n) is 6.64. The predicted octanol–water partition coefficient (Wildman–Crippen LogP) is -0.536. The van der Waals surface area contributed by atoms with Gasteiger partial charge >= 0.3 is 0 Å². The molecular weight excluding hydrogens is 244 g/mol. The van der Waals surface area contributed by atoms with E-state index in [-0.39, 0.29) is 18.4 Å². The Labute approximate surface area is 116 Å². The Balaban J connectivity index is 3.98. The molecule has 0 rings (SSSR count). The van der Waals surface area contributed by atoms with Crippen LogP contribution in [0.15, 0.2) is 0 Å². The second-order valence-corrected chi connectivity index (χ2v) is 5.25. The number of hydrogen-bond donors (Lipinski definition) is 1. The Hall–Kier alpha value is -1.14. The number of amides is 2. The van der Waals surface area contributed by atoms with Crippen LogP contribution in [0, 0.1) is 0 Å². The first-order valence-corrected chi connectivity index (χ1v) is 6.64. The van der Waals surface area contributed by atoms with Crippen molar-refractivity contribution < 1.29 is 9.59 Å². The topological polar surface area (TPSA) is 55.9 Å². The molecule has 0 aliphatic heterocycles. The van der Waals surface area contributed by atoms with Crippen molar-refractivity contribution in [1.29, 1.82) is 0 Å². The molecule has 19 heavy (non-hydrogen) atoms. The van der Waals surface area contributed by atoms with Crippen molar-refractivity contribution >= 4 is 11.8 Å². The monoisotopic (exact) mass is 272 g/mol. The number of nitrogens with zero attached hydrogens (tertiary/aromatic N) is 3. The summed E-state index contributed by atoms with van der Waals surface area (Å²) in [4.78, 5) is 28.8. The molecule has 0 aromatic heterocycles. The summed E-state index contributed by atoms with van der Waals surface area (Å²) in [5, 5.41) is 2.81. The van der Waals surface area contributed by atoms with E-state index in [9.17, 15) is 9.59 Å². The molecule has 0 radical (unpaired) electrons. The van der Waals surface area contributed by atoms with Gasteiger partial charge < -0.3 is 20.0 Å². The molecule has 112 valence electrons. The van der Waals surface area contributed by atoms with E-state index >= 15 is 0 Å². The Morgan fingerprint density at radius 1 is 0.947 bits per heavy atom. The van der Waals surface area contributed by atoms with Gasteiger partial charge in [-0.3, -0.25) is 9.59 Å². The molecule has 0 aliphatic carbocycles. The summed E-state index contributed by atoms with van der Waals surface area (Å²) in [6.07, 6.45) is 0.873. The molecule has 0 aromatic carbocycles. The maximum Gasteiger partial charge on any atom is 0.239 e. The van der Waals surface area contributed by atoms with Crippen LogP contribution >= 0.6 is 0 Å². The Kier molecular flexibility index (Phi) is 9.16. The zero-order chi connectivity index (χ0) is 14.8. The van der Waals surface area contributed by atoms with Crippen molar-refractivity contribution in [2.75, 3.05) is 60.9 Å². The smallest absolute Gasteiger partial charge is 0.239 e. The average molecular weight is 272 g/mol. The molecule has 0 heterocycles. The lowest BCUT2D eigenvalue weighted by molar-refractivity contribution is -0.134. The molecular formula is C13H28N4O2. The Morgan fingerprint density at radius 3 is 2.00 bits per heavy atom. The minimum Gasteiger partial charge on any atom is -0.353 e. The highest BCUT2D eigenvalue weighted by molar-refractivity contribution is 5.83. The predicted molar refractivity (Wildman–Crippen MR) is 77.0 cm³/mol. The molecule has 1 N–H and O–H groups in total. The molecule has 0 atom stereocenters. The van der Waals surface area contributed by atoms with Crippen LogP contribution < -0.4 is 5.32 Å². The van der Waals surface area contributed by atoms with Crippen LogP contribution in [-0.2, 0) is 9.59 Å². The van der Waals surface area contributed by atoms with Crippen LogP contribution in [0.4, 0.5) is 0 Å². The normalized spacial score (nSPS) is 10.9. The van der Waals surface area contributed by atoms with E-state index in [1.807, 2.05) is 33.1 Å². The van der Waals surface area contributed by atoms with Gasteiger partial charge in [-0.25, -0.2) is 0 Å². The first kappa shape index (κ1) is 17.9. The first-order chi connectivity index (χ1) is 8.82. The molecule has 0 spiro atoms. The molecule has 0 bridgehead atoms. The van der Waals surface area contributed by atoms with Crippen LogP contribution in [-0.4, -0.2) is 87.4 Å². The summed E-state index contributed by atoms with van der Waals surface area (Å²) < 4.78 is 0. The van der Waals surface area contributed by atoms with Crippen LogP contribution in [0.25, 0.3) is 0 Å². The van der Waals surface area contributed by atoms with Gasteiger partial charge in [-0.1, -0.05) is 0 Å². The fourth-order valence-electron chi connectivity index (χ4n) is 1.57. The van der Waals surface area contributed by atoms with E-state index in [2.05, 4.69) is 10.2 Å². The van der Waals surface area contributed by atoms with Gasteiger partial charge in [0.25, 0.3) is 0 Å². The van der Waals surface area contributed by atoms with Gasteiger partial charge in [-0.2, -0.15) is 0 Å². The van der Waals surface area contributed by atoms with Gasteiger partial charge in [-0.15, -0.1) is 0 Å². The zero-order valence-corrected chi connectivity index (χ0v) is 12.9. The minimum atomic E-state index is -0.0955. The molecule has 0 saturated heterocycles. The lowest BCUT2D eigenvalue weighted by atomic mass is 10.3. The summed E-state index contributed by atoms with van der Waals surface area (Å²) >= 11 is 0. The summed E-state index contributed by atoms with van der Waals surface area (Å²) in [7, 11) is 7.89. The summed E-state index contributed by atoms with van der Waals surface area (Å²) in [5.41, 5.74) is 0. The highest BCUT2D eigenvalue weighted by Crippen LogP contribution is 1.94. The van der Waals surface area contributed by atoms with Gasteiger partial charge in [-0.05, 0) is 41.2 Å². The van der Waals surface area contributed by atoms with Crippen LogP contribution in [0.2, 0.25) is 0 Å². The van der Waals surface area contributed by atoms with Gasteiger partial charge in [0.05, 0.1) is 6.54 Å². The van der Waals surface area contributed by atoms with Gasteiger partial charge in [0.2, 0.25) is 11.8 Å². The molecule has 2 amide bonds. The van der Waals surface area contributed by atoms with Gasteiger partial charge in [0.15, 0.2) is 0 Å². The summed E-state index contributed by atoms with van der Waals surface area (Å²) in [6, 6.07) is 0. The highest BCUT2D eigenvalue weighted by Gasteiger charge is 2.12. The summed E-state index contributed by atoms with van der Waals surface area (Å²) in [5.74, 6) is -0.150. The van der Waals surface area contributed by atoms with E-state index in [0.29, 0.717) is 13.1 Å². The molecule has 6 nitrogen and oxygen atoms in total.